The first kappa shape index (κ1) is 27.7. The molecule has 0 spiro atoms. The van der Waals surface area contributed by atoms with Gasteiger partial charge in [0.15, 0.2) is 0 Å². The van der Waals surface area contributed by atoms with Crippen molar-refractivity contribution in [3.8, 4) is 0 Å². The fourth-order valence-electron chi connectivity index (χ4n) is 4.62. The Morgan fingerprint density at radius 3 is 1.97 bits per heavy atom. The molecule has 182 valence electrons. The molecule has 1 saturated heterocycles. The Balaban J connectivity index is 0.00000233. The third-order valence-corrected chi connectivity index (χ3v) is 6.89. The number of nitrogens with one attached hydrogen (secondary N) is 1. The second kappa shape index (κ2) is 10.5. The van der Waals surface area contributed by atoms with Crippen LogP contribution in [0.5, 0.6) is 0 Å². The summed E-state index contributed by atoms with van der Waals surface area (Å²) in [6, 6.07) is -0.908. The predicted molar refractivity (Wildman–Crippen MR) is 126 cm³/mol. The Morgan fingerprint density at radius 1 is 1.03 bits per heavy atom. The first-order chi connectivity index (χ1) is 14.2. The Labute approximate surface area is 190 Å². The maximum absolute atomic E-state index is 13.5. The third-order valence-electron chi connectivity index (χ3n) is 6.89. The molecule has 2 aliphatic rings. The molecule has 0 radical (unpaired) electrons. The number of amides is 2. The van der Waals surface area contributed by atoms with E-state index in [2.05, 4.69) is 19.2 Å². The van der Waals surface area contributed by atoms with Crippen molar-refractivity contribution in [1.82, 2.24) is 10.2 Å². The molecule has 2 fully saturated rings. The molecule has 2 amide bonds. The van der Waals surface area contributed by atoms with Crippen LogP contribution in [-0.4, -0.2) is 52.8 Å². The number of nitrogens with zero attached hydrogens (tertiary/aromatic N) is 1. The first-order valence-corrected chi connectivity index (χ1v) is 12.1. The van der Waals surface area contributed by atoms with E-state index in [9.17, 15) is 14.7 Å². The number of likely N-dealkylation sites (tertiary alicyclic amines) is 1. The zero-order chi connectivity index (χ0) is 24.2. The van der Waals surface area contributed by atoms with E-state index in [-0.39, 0.29) is 24.0 Å². The largest absolute Gasteiger partial charge is 0.444 e. The predicted octanol–water partition coefficient (Wildman–Crippen LogP) is 4.99. The lowest BCUT2D eigenvalue weighted by Crippen LogP contribution is -2.57. The highest BCUT2D eigenvalue weighted by molar-refractivity contribution is 5.87. The average Bonchev–Trinajstić information content (AvgIpc) is 3.01. The van der Waals surface area contributed by atoms with E-state index in [1.165, 1.54) is 19.3 Å². The van der Waals surface area contributed by atoms with E-state index in [4.69, 9.17) is 4.74 Å². The van der Waals surface area contributed by atoms with E-state index in [1.807, 2.05) is 34.6 Å². The van der Waals surface area contributed by atoms with Gasteiger partial charge in [0, 0.05) is 6.54 Å². The van der Waals surface area contributed by atoms with Crippen LogP contribution in [0.3, 0.4) is 0 Å². The molecule has 2 N–H and O–H groups in total. The zero-order valence-corrected chi connectivity index (χ0v) is 21.7. The second-order valence-electron chi connectivity index (χ2n) is 11.7. The van der Waals surface area contributed by atoms with Crippen LogP contribution < -0.4 is 5.32 Å². The average molecular weight is 441 g/mol. The molecule has 0 aromatic rings. The molecule has 2 rings (SSSR count). The minimum atomic E-state index is -0.711. The summed E-state index contributed by atoms with van der Waals surface area (Å²) in [6.07, 6.45) is 4.03. The highest BCUT2D eigenvalue weighted by atomic mass is 16.6. The van der Waals surface area contributed by atoms with Crippen LogP contribution in [0.2, 0.25) is 0 Å². The molecule has 3 atom stereocenters. The maximum Gasteiger partial charge on any atom is 0.408 e. The highest BCUT2D eigenvalue weighted by Crippen LogP contribution is 2.50. The lowest BCUT2D eigenvalue weighted by Gasteiger charge is -2.44. The van der Waals surface area contributed by atoms with Crippen molar-refractivity contribution in [2.75, 3.05) is 13.2 Å². The summed E-state index contributed by atoms with van der Waals surface area (Å²) in [6.45, 7) is 20.4. The summed E-state index contributed by atoms with van der Waals surface area (Å²) in [4.78, 5) is 27.7. The number of ether oxygens (including phenoxy) is 1. The van der Waals surface area contributed by atoms with E-state index < -0.39 is 23.2 Å². The fourth-order valence-corrected chi connectivity index (χ4v) is 4.62. The van der Waals surface area contributed by atoms with E-state index >= 15 is 0 Å². The molecule has 0 aromatic heterocycles. The molecule has 6 nitrogen and oxygen atoms in total. The minimum absolute atomic E-state index is 0.0493. The number of rotatable bonds is 5. The van der Waals surface area contributed by atoms with Gasteiger partial charge in [-0.1, -0.05) is 54.9 Å². The normalized spacial score (nSPS) is 23.4. The monoisotopic (exact) mass is 440 g/mol. The van der Waals surface area contributed by atoms with Gasteiger partial charge in [-0.2, -0.15) is 0 Å². The van der Waals surface area contributed by atoms with Gasteiger partial charge in [0.25, 0.3) is 0 Å². The van der Waals surface area contributed by atoms with Gasteiger partial charge in [-0.3, -0.25) is 4.79 Å². The zero-order valence-electron chi connectivity index (χ0n) is 21.7. The van der Waals surface area contributed by atoms with Crippen LogP contribution in [0.25, 0.3) is 0 Å². The Hall–Kier alpha value is -1.30. The highest BCUT2D eigenvalue weighted by Gasteiger charge is 2.48. The third kappa shape index (κ3) is 7.10. The molecule has 0 aromatic carbocycles. The minimum Gasteiger partial charge on any atom is -0.444 e. The molecule has 0 bridgehead atoms. The van der Waals surface area contributed by atoms with E-state index in [1.54, 1.807) is 25.7 Å². The molecule has 2 unspecified atom stereocenters. The van der Waals surface area contributed by atoms with Crippen LogP contribution in [0.4, 0.5) is 4.79 Å². The molecule has 1 aliphatic heterocycles. The molecule has 1 aliphatic carbocycles. The molecule has 6 heteroatoms. The molecule has 31 heavy (non-hydrogen) atoms. The van der Waals surface area contributed by atoms with Crippen molar-refractivity contribution in [3.05, 3.63) is 0 Å². The van der Waals surface area contributed by atoms with Crippen molar-refractivity contribution in [2.45, 2.75) is 113 Å². The molecular formula is C25H48N2O4. The van der Waals surface area contributed by atoms with Crippen molar-refractivity contribution < 1.29 is 19.4 Å². The van der Waals surface area contributed by atoms with Crippen molar-refractivity contribution in [2.24, 2.45) is 22.7 Å². The van der Waals surface area contributed by atoms with Crippen molar-refractivity contribution in [3.63, 3.8) is 0 Å². The lowest BCUT2D eigenvalue weighted by molar-refractivity contribution is -0.138. The van der Waals surface area contributed by atoms with Gasteiger partial charge in [-0.15, -0.1) is 0 Å². The molecule has 1 heterocycles. The van der Waals surface area contributed by atoms with Gasteiger partial charge in [0.2, 0.25) is 5.91 Å². The Morgan fingerprint density at radius 2 is 1.58 bits per heavy atom. The van der Waals surface area contributed by atoms with Crippen LogP contribution >= 0.6 is 0 Å². The molecule has 1 saturated carbocycles. The number of aliphatic hydroxyl groups excluding tert-OH is 1. The van der Waals surface area contributed by atoms with Gasteiger partial charge in [0.1, 0.15) is 11.6 Å². The summed E-state index contributed by atoms with van der Waals surface area (Å²) in [5.74, 6) is 0.922. The van der Waals surface area contributed by atoms with Gasteiger partial charge in [-0.05, 0) is 62.7 Å². The summed E-state index contributed by atoms with van der Waals surface area (Å²) in [7, 11) is 0. The Bertz CT molecular complexity index is 600. The second-order valence-corrected chi connectivity index (χ2v) is 11.7. The number of alkyl carbamates (subject to hydrolysis) is 1. The summed E-state index contributed by atoms with van der Waals surface area (Å²) >= 11 is 0. The van der Waals surface area contributed by atoms with Gasteiger partial charge in [-0.25, -0.2) is 4.79 Å². The number of carbonyl (C=O) groups is 2. The topological polar surface area (TPSA) is 78.9 Å². The van der Waals surface area contributed by atoms with E-state index in [0.717, 1.165) is 6.42 Å². The number of carbonyl (C=O) groups excluding carboxylic acids is 2. The fraction of sp³-hybridized carbons (Fsp3) is 0.920. The van der Waals surface area contributed by atoms with Gasteiger partial charge in [0.05, 0.1) is 12.6 Å². The SMILES string of the molecule is CC.CC(C)(C)OC(=O)N[C@H](C(=O)N1CC(C(C)(C)C2CCC2)CC1CO)C(C)(C)C. The standard InChI is InChI=1S/C23H42N2O4.C2H6/c1-21(2,3)18(24-20(28)29-22(4,5)6)19(27)25-13-16(12-17(25)14-26)23(7,8)15-10-9-11-15;1-2/h15-18,26H,9-14H2,1-8H3,(H,24,28);1-2H3/t16?,17?,18-;/m1./s1. The van der Waals surface area contributed by atoms with Crippen LogP contribution in [0.15, 0.2) is 0 Å². The summed E-state index contributed by atoms with van der Waals surface area (Å²) in [5, 5.41) is 12.8. The smallest absolute Gasteiger partial charge is 0.408 e. The Kier molecular flexibility index (Phi) is 9.43. The van der Waals surface area contributed by atoms with Crippen LogP contribution in [0.1, 0.15) is 94.9 Å². The van der Waals surface area contributed by atoms with Crippen LogP contribution in [0, 0.1) is 22.7 Å². The quantitative estimate of drug-likeness (QED) is 0.631. The van der Waals surface area contributed by atoms with Gasteiger partial charge < -0.3 is 20.1 Å². The number of aliphatic hydroxyl groups is 1. The molecular weight excluding hydrogens is 392 g/mol. The lowest BCUT2D eigenvalue weighted by atomic mass is 9.61. The number of hydrogen-bond acceptors (Lipinski definition) is 4. The first-order valence-electron chi connectivity index (χ1n) is 12.1. The van der Waals surface area contributed by atoms with Crippen LogP contribution in [-0.2, 0) is 9.53 Å². The van der Waals surface area contributed by atoms with Crippen molar-refractivity contribution in [1.29, 1.82) is 0 Å². The summed E-state index contributed by atoms with van der Waals surface area (Å²) < 4.78 is 5.39. The maximum atomic E-state index is 13.5. The van der Waals surface area contributed by atoms with E-state index in [0.29, 0.717) is 18.4 Å². The van der Waals surface area contributed by atoms with Gasteiger partial charge >= 0.3 is 6.09 Å². The summed E-state index contributed by atoms with van der Waals surface area (Å²) in [5.41, 5.74) is -0.958. The van der Waals surface area contributed by atoms with Crippen molar-refractivity contribution >= 4 is 12.0 Å². The number of hydrogen-bond donors (Lipinski definition) is 2.